The van der Waals surface area contributed by atoms with Crippen molar-refractivity contribution in [3.8, 4) is 11.3 Å². The number of nitrogens with zero attached hydrogens (tertiary/aromatic N) is 1. The average molecular weight is 187 g/mol. The maximum atomic E-state index is 5.72. The number of hydrogen-bond acceptors (Lipinski definition) is 3. The number of rotatable bonds is 0. The van der Waals surface area contributed by atoms with E-state index < -0.39 is 0 Å². The van der Waals surface area contributed by atoms with Gasteiger partial charge in [0.05, 0.1) is 5.69 Å². The fourth-order valence-corrected chi connectivity index (χ4v) is 2.43. The summed E-state index contributed by atoms with van der Waals surface area (Å²) in [6.07, 6.45) is 0.992. The van der Waals surface area contributed by atoms with Crippen LogP contribution in [0.2, 0.25) is 0 Å². The summed E-state index contributed by atoms with van der Waals surface area (Å²) in [5, 5.41) is 0. The van der Waals surface area contributed by atoms with Gasteiger partial charge in [-0.05, 0) is 17.7 Å². The predicted molar refractivity (Wildman–Crippen MR) is 53.6 cm³/mol. The molecule has 0 aliphatic heterocycles. The lowest BCUT2D eigenvalue weighted by Crippen LogP contribution is -1.86. The van der Waals surface area contributed by atoms with E-state index in [0.29, 0.717) is 0 Å². The van der Waals surface area contributed by atoms with E-state index in [9.17, 15) is 0 Å². The van der Waals surface area contributed by atoms with Gasteiger partial charge in [0.1, 0.15) is 0 Å². The lowest BCUT2D eigenvalue weighted by Gasteiger charge is -1.99. The van der Waals surface area contributed by atoms with E-state index >= 15 is 0 Å². The Morgan fingerprint density at radius 1 is 1.46 bits per heavy atom. The summed E-state index contributed by atoms with van der Waals surface area (Å²) in [4.78, 5) is 5.52. The minimum atomic E-state index is 0.805. The second kappa shape index (κ2) is 2.33. The van der Waals surface area contributed by atoms with Gasteiger partial charge in [0, 0.05) is 22.5 Å². The molecule has 2 N–H and O–H groups in total. The Morgan fingerprint density at radius 3 is 3.31 bits per heavy atom. The van der Waals surface area contributed by atoms with Crippen molar-refractivity contribution in [1.82, 2.24) is 4.98 Å². The molecule has 0 unspecified atom stereocenters. The Kier molecular flexibility index (Phi) is 1.27. The molecule has 1 aromatic heterocycles. The van der Waals surface area contributed by atoms with Crippen LogP contribution in [-0.4, -0.2) is 4.98 Å². The van der Waals surface area contributed by atoms with E-state index in [2.05, 4.69) is 16.6 Å². The van der Waals surface area contributed by atoms with E-state index in [1.165, 1.54) is 16.0 Å². The first-order valence-electron chi connectivity index (χ1n) is 4.09. The van der Waals surface area contributed by atoms with Crippen molar-refractivity contribution in [2.75, 3.05) is 5.73 Å². The van der Waals surface area contributed by atoms with Gasteiger partial charge >= 0.3 is 0 Å². The summed E-state index contributed by atoms with van der Waals surface area (Å²) >= 11 is 1.60. The van der Waals surface area contributed by atoms with Crippen LogP contribution in [0.4, 0.5) is 5.69 Å². The number of nitrogen functional groups attached to an aromatic ring is 1. The van der Waals surface area contributed by atoms with Crippen LogP contribution in [0.5, 0.6) is 0 Å². The Balaban J connectivity index is 2.31. The molecule has 0 saturated carbocycles. The number of hydrogen-bond donors (Lipinski definition) is 1. The second-order valence-corrected chi connectivity index (χ2v) is 4.05. The third-order valence-electron chi connectivity index (χ3n) is 2.33. The molecular formula is C10H7N2S. The molecule has 2 nitrogen and oxygen atoms in total. The summed E-state index contributed by atoms with van der Waals surface area (Å²) in [5.41, 5.74) is 13.0. The summed E-state index contributed by atoms with van der Waals surface area (Å²) in [6.45, 7) is 0. The largest absolute Gasteiger partial charge is 0.399 e. The Morgan fingerprint density at radius 2 is 2.38 bits per heavy atom. The first-order valence-corrected chi connectivity index (χ1v) is 4.91. The standard InChI is InChI=1S/C10H7N2S/c11-7-2-1-6-3-9-10(8(6)4-7)12-5-13-9/h1-2,4H,3,11H2. The quantitative estimate of drug-likeness (QED) is 0.547. The molecule has 1 aliphatic carbocycles. The van der Waals surface area contributed by atoms with Crippen molar-refractivity contribution in [2.24, 2.45) is 0 Å². The summed E-state index contributed by atoms with van der Waals surface area (Å²) in [6, 6.07) is 6.02. The maximum absolute atomic E-state index is 5.72. The Labute approximate surface area is 80.0 Å². The van der Waals surface area contributed by atoms with Crippen molar-refractivity contribution in [3.63, 3.8) is 0 Å². The van der Waals surface area contributed by atoms with E-state index in [4.69, 9.17) is 5.73 Å². The van der Waals surface area contributed by atoms with Crippen LogP contribution in [0.15, 0.2) is 18.2 Å². The molecule has 0 amide bonds. The molecular weight excluding hydrogens is 180 g/mol. The topological polar surface area (TPSA) is 38.9 Å². The Bertz CT molecular complexity index is 474. The zero-order valence-corrected chi connectivity index (χ0v) is 7.69. The molecule has 0 atom stereocenters. The average Bonchev–Trinajstić information content (AvgIpc) is 2.64. The highest BCUT2D eigenvalue weighted by Crippen LogP contribution is 2.38. The summed E-state index contributed by atoms with van der Waals surface area (Å²) in [5.74, 6) is 0. The predicted octanol–water partition coefficient (Wildman–Crippen LogP) is 2.10. The highest BCUT2D eigenvalue weighted by molar-refractivity contribution is 7.09. The van der Waals surface area contributed by atoms with Crippen molar-refractivity contribution < 1.29 is 0 Å². The van der Waals surface area contributed by atoms with E-state index in [0.717, 1.165) is 17.8 Å². The molecule has 1 heterocycles. The third-order valence-corrected chi connectivity index (χ3v) is 3.10. The SMILES string of the molecule is Nc1ccc2c(c1)-c1n[c]sc1C2. The van der Waals surface area contributed by atoms with Crippen LogP contribution in [0.25, 0.3) is 11.3 Å². The van der Waals surface area contributed by atoms with Crippen LogP contribution >= 0.6 is 11.3 Å². The zero-order valence-electron chi connectivity index (χ0n) is 6.87. The van der Waals surface area contributed by atoms with Crippen molar-refractivity contribution in [3.05, 3.63) is 34.2 Å². The van der Waals surface area contributed by atoms with E-state index in [-0.39, 0.29) is 0 Å². The highest BCUT2D eigenvalue weighted by Gasteiger charge is 2.20. The molecule has 1 radical (unpaired) electrons. The van der Waals surface area contributed by atoms with E-state index in [1.807, 2.05) is 12.1 Å². The molecule has 63 valence electrons. The molecule has 0 bridgehead atoms. The number of benzene rings is 1. The van der Waals surface area contributed by atoms with Gasteiger partial charge in [-0.3, -0.25) is 0 Å². The summed E-state index contributed by atoms with van der Waals surface area (Å²) < 4.78 is 0. The molecule has 2 aromatic rings. The minimum Gasteiger partial charge on any atom is -0.399 e. The number of anilines is 1. The molecule has 3 rings (SSSR count). The summed E-state index contributed by atoms with van der Waals surface area (Å²) in [7, 11) is 0. The number of nitrogens with two attached hydrogens (primary N) is 1. The van der Waals surface area contributed by atoms with Gasteiger partial charge in [0.15, 0.2) is 5.51 Å². The number of aromatic nitrogens is 1. The third kappa shape index (κ3) is 0.906. The maximum Gasteiger partial charge on any atom is 0.153 e. The van der Waals surface area contributed by atoms with Crippen LogP contribution in [0.1, 0.15) is 10.4 Å². The van der Waals surface area contributed by atoms with Gasteiger partial charge in [0.2, 0.25) is 0 Å². The van der Waals surface area contributed by atoms with Gasteiger partial charge in [-0.25, -0.2) is 4.98 Å². The molecule has 1 aliphatic rings. The van der Waals surface area contributed by atoms with Crippen LogP contribution < -0.4 is 5.73 Å². The van der Waals surface area contributed by atoms with Crippen molar-refractivity contribution in [1.29, 1.82) is 0 Å². The molecule has 13 heavy (non-hydrogen) atoms. The number of thiazole rings is 1. The van der Waals surface area contributed by atoms with Gasteiger partial charge < -0.3 is 5.73 Å². The highest BCUT2D eigenvalue weighted by atomic mass is 32.1. The van der Waals surface area contributed by atoms with Crippen LogP contribution in [0.3, 0.4) is 0 Å². The van der Waals surface area contributed by atoms with Gasteiger partial charge in [0.25, 0.3) is 0 Å². The molecule has 0 fully saturated rings. The number of fused-ring (bicyclic) bond motifs is 3. The van der Waals surface area contributed by atoms with Gasteiger partial charge in [-0.1, -0.05) is 6.07 Å². The van der Waals surface area contributed by atoms with E-state index in [1.54, 1.807) is 11.3 Å². The fourth-order valence-electron chi connectivity index (χ4n) is 1.71. The molecule has 0 spiro atoms. The monoisotopic (exact) mass is 187 g/mol. The van der Waals surface area contributed by atoms with Crippen LogP contribution in [0, 0.1) is 5.51 Å². The van der Waals surface area contributed by atoms with Gasteiger partial charge in [-0.2, -0.15) is 0 Å². The lowest BCUT2D eigenvalue weighted by molar-refractivity contribution is 1.31. The first-order chi connectivity index (χ1) is 6.34. The van der Waals surface area contributed by atoms with Crippen molar-refractivity contribution >= 4 is 17.0 Å². The lowest BCUT2D eigenvalue weighted by atomic mass is 10.1. The second-order valence-electron chi connectivity index (χ2n) is 3.17. The Hall–Kier alpha value is -1.35. The smallest absolute Gasteiger partial charge is 0.153 e. The molecule has 1 aromatic carbocycles. The minimum absolute atomic E-state index is 0.805. The van der Waals surface area contributed by atoms with Crippen molar-refractivity contribution in [2.45, 2.75) is 6.42 Å². The van der Waals surface area contributed by atoms with Crippen LogP contribution in [-0.2, 0) is 6.42 Å². The molecule has 0 saturated heterocycles. The zero-order chi connectivity index (χ0) is 8.84. The van der Waals surface area contributed by atoms with Gasteiger partial charge in [-0.15, -0.1) is 11.3 Å². The first kappa shape index (κ1) is 7.09. The molecule has 3 heteroatoms. The normalized spacial score (nSPS) is 12.6. The fraction of sp³-hybridized carbons (Fsp3) is 0.100.